The van der Waals surface area contributed by atoms with Gasteiger partial charge in [0.2, 0.25) is 0 Å². The predicted molar refractivity (Wildman–Crippen MR) is 82.3 cm³/mol. The van der Waals surface area contributed by atoms with Crippen molar-refractivity contribution in [2.24, 2.45) is 0 Å². The van der Waals surface area contributed by atoms with Gasteiger partial charge < -0.3 is 14.6 Å². The van der Waals surface area contributed by atoms with E-state index in [2.05, 4.69) is 21.8 Å². The molecule has 118 valence electrons. The van der Waals surface area contributed by atoms with Gasteiger partial charge in [-0.3, -0.25) is 14.9 Å². The molecule has 1 aromatic heterocycles. The summed E-state index contributed by atoms with van der Waals surface area (Å²) in [4.78, 5) is 30.8. The Hall–Kier alpha value is -2.48. The van der Waals surface area contributed by atoms with E-state index in [-0.39, 0.29) is 16.8 Å². The minimum atomic E-state index is -0.556. The van der Waals surface area contributed by atoms with Gasteiger partial charge in [-0.15, -0.1) is 0 Å². The van der Waals surface area contributed by atoms with Crippen LogP contribution in [-0.4, -0.2) is 46.5 Å². The fourth-order valence-corrected chi connectivity index (χ4v) is 2.02. The third kappa shape index (κ3) is 3.59. The topological polar surface area (TPSA) is 101 Å². The van der Waals surface area contributed by atoms with E-state index in [1.807, 2.05) is 7.05 Å². The summed E-state index contributed by atoms with van der Waals surface area (Å²) >= 11 is 0. The van der Waals surface area contributed by atoms with Gasteiger partial charge >= 0.3 is 5.69 Å². The predicted octanol–water partition coefficient (Wildman–Crippen LogP) is 1.55. The fraction of sp³-hybridized carbons (Fsp3) is 0.429. The van der Waals surface area contributed by atoms with Gasteiger partial charge in [-0.1, -0.05) is 6.92 Å². The van der Waals surface area contributed by atoms with Crippen LogP contribution in [0.1, 0.15) is 13.3 Å². The molecule has 1 aromatic carbocycles. The highest BCUT2D eigenvalue weighted by molar-refractivity contribution is 5.82. The maximum Gasteiger partial charge on any atom is 0.311 e. The van der Waals surface area contributed by atoms with Crippen molar-refractivity contribution in [1.82, 2.24) is 14.9 Å². The number of nitrogens with one attached hydrogen (secondary N) is 1. The van der Waals surface area contributed by atoms with Gasteiger partial charge in [0.1, 0.15) is 0 Å². The summed E-state index contributed by atoms with van der Waals surface area (Å²) in [6.07, 6.45) is 2.01. The molecular weight excluding hydrogens is 288 g/mol. The van der Waals surface area contributed by atoms with Crippen molar-refractivity contribution in [2.75, 3.05) is 26.7 Å². The van der Waals surface area contributed by atoms with Crippen LogP contribution in [0.25, 0.3) is 10.9 Å². The van der Waals surface area contributed by atoms with Crippen LogP contribution in [0, 0.1) is 10.1 Å². The van der Waals surface area contributed by atoms with Crippen LogP contribution in [-0.2, 0) is 0 Å². The first kappa shape index (κ1) is 15.9. The Balaban J connectivity index is 2.22. The zero-order chi connectivity index (χ0) is 16.1. The third-order valence-electron chi connectivity index (χ3n) is 3.40. The standard InChI is InChI=1S/C14H18N4O4/c1-3-17(2)5-4-6-22-13-8-11-10(7-12(13)18(20)21)14(19)16-9-15-11/h7-9H,3-6H2,1-2H3,(H,15,16,19). The first-order valence-electron chi connectivity index (χ1n) is 7.00. The summed E-state index contributed by atoms with van der Waals surface area (Å²) in [5.74, 6) is 0.134. The fourth-order valence-electron chi connectivity index (χ4n) is 2.02. The van der Waals surface area contributed by atoms with Crippen molar-refractivity contribution in [3.05, 3.63) is 38.9 Å². The Labute approximate surface area is 126 Å². The summed E-state index contributed by atoms with van der Waals surface area (Å²) < 4.78 is 5.52. The van der Waals surface area contributed by atoms with Crippen molar-refractivity contribution >= 4 is 16.6 Å². The molecule has 0 atom stereocenters. The van der Waals surface area contributed by atoms with Crippen LogP contribution in [0.2, 0.25) is 0 Å². The molecule has 22 heavy (non-hydrogen) atoms. The molecule has 0 amide bonds. The largest absolute Gasteiger partial charge is 0.487 e. The lowest BCUT2D eigenvalue weighted by Crippen LogP contribution is -2.20. The lowest BCUT2D eigenvalue weighted by atomic mass is 10.2. The summed E-state index contributed by atoms with van der Waals surface area (Å²) in [6, 6.07) is 2.64. The molecule has 1 N–H and O–H groups in total. The molecule has 0 aliphatic rings. The smallest absolute Gasteiger partial charge is 0.311 e. The number of aromatic nitrogens is 2. The number of aromatic amines is 1. The molecule has 0 radical (unpaired) electrons. The number of nitro groups is 1. The molecule has 0 aliphatic carbocycles. The van der Waals surface area contributed by atoms with Crippen molar-refractivity contribution in [3.8, 4) is 5.75 Å². The monoisotopic (exact) mass is 306 g/mol. The minimum Gasteiger partial charge on any atom is -0.487 e. The third-order valence-corrected chi connectivity index (χ3v) is 3.40. The van der Waals surface area contributed by atoms with E-state index < -0.39 is 10.5 Å². The lowest BCUT2D eigenvalue weighted by molar-refractivity contribution is -0.385. The number of nitrogens with zero attached hydrogens (tertiary/aromatic N) is 3. The van der Waals surface area contributed by atoms with E-state index in [4.69, 9.17) is 4.74 Å². The lowest BCUT2D eigenvalue weighted by Gasteiger charge is -2.13. The molecule has 2 rings (SSSR count). The van der Waals surface area contributed by atoms with Crippen LogP contribution < -0.4 is 10.3 Å². The number of hydrogen-bond donors (Lipinski definition) is 1. The van der Waals surface area contributed by atoms with Gasteiger partial charge in [-0.25, -0.2) is 4.98 Å². The summed E-state index contributed by atoms with van der Waals surface area (Å²) in [6.45, 7) is 4.19. The second-order valence-corrected chi connectivity index (χ2v) is 4.92. The molecular formula is C14H18N4O4. The molecule has 8 heteroatoms. The number of rotatable bonds is 7. The van der Waals surface area contributed by atoms with Crippen LogP contribution >= 0.6 is 0 Å². The first-order valence-corrected chi connectivity index (χ1v) is 7.00. The average molecular weight is 306 g/mol. The van der Waals surface area contributed by atoms with Gasteiger partial charge in [-0.05, 0) is 20.0 Å². The Morgan fingerprint density at radius 2 is 2.23 bits per heavy atom. The zero-order valence-electron chi connectivity index (χ0n) is 12.5. The van der Waals surface area contributed by atoms with Crippen LogP contribution in [0.3, 0.4) is 0 Å². The van der Waals surface area contributed by atoms with Crippen molar-refractivity contribution in [1.29, 1.82) is 0 Å². The molecule has 1 heterocycles. The van der Waals surface area contributed by atoms with Gasteiger partial charge in [0.05, 0.1) is 28.8 Å². The van der Waals surface area contributed by atoms with Crippen LogP contribution in [0.5, 0.6) is 5.75 Å². The van der Waals surface area contributed by atoms with E-state index in [0.717, 1.165) is 19.5 Å². The second-order valence-electron chi connectivity index (χ2n) is 4.92. The SMILES string of the molecule is CCN(C)CCCOc1cc2nc[nH]c(=O)c2cc1[N+](=O)[O-]. The van der Waals surface area contributed by atoms with E-state index >= 15 is 0 Å². The molecule has 0 spiro atoms. The highest BCUT2D eigenvalue weighted by Gasteiger charge is 2.18. The second kappa shape index (κ2) is 6.99. The van der Waals surface area contributed by atoms with Crippen LogP contribution in [0.4, 0.5) is 5.69 Å². The number of hydrogen-bond acceptors (Lipinski definition) is 6. The van der Waals surface area contributed by atoms with E-state index in [1.165, 1.54) is 18.5 Å². The molecule has 0 fully saturated rings. The molecule has 2 aromatic rings. The Kier molecular flexibility index (Phi) is 5.05. The summed E-state index contributed by atoms with van der Waals surface area (Å²) in [5.41, 5.74) is -0.269. The maximum atomic E-state index is 11.7. The van der Waals surface area contributed by atoms with Gasteiger partial charge in [0.15, 0.2) is 5.75 Å². The molecule has 0 bridgehead atoms. The normalized spacial score (nSPS) is 11.0. The highest BCUT2D eigenvalue weighted by Crippen LogP contribution is 2.30. The quantitative estimate of drug-likeness (QED) is 0.473. The van der Waals surface area contributed by atoms with Gasteiger partial charge in [0, 0.05) is 18.7 Å². The number of nitro benzene ring substituents is 1. The highest BCUT2D eigenvalue weighted by atomic mass is 16.6. The van der Waals surface area contributed by atoms with Crippen molar-refractivity contribution < 1.29 is 9.66 Å². The molecule has 0 aliphatic heterocycles. The zero-order valence-corrected chi connectivity index (χ0v) is 12.5. The van der Waals surface area contributed by atoms with Crippen molar-refractivity contribution in [3.63, 3.8) is 0 Å². The van der Waals surface area contributed by atoms with Gasteiger partial charge in [0.25, 0.3) is 5.56 Å². The number of ether oxygens (including phenoxy) is 1. The molecule has 0 saturated heterocycles. The number of H-pyrrole nitrogens is 1. The van der Waals surface area contributed by atoms with Crippen molar-refractivity contribution in [2.45, 2.75) is 13.3 Å². The Bertz CT molecular complexity index is 728. The van der Waals surface area contributed by atoms with Crippen LogP contribution in [0.15, 0.2) is 23.3 Å². The Morgan fingerprint density at radius 3 is 2.91 bits per heavy atom. The van der Waals surface area contributed by atoms with E-state index in [1.54, 1.807) is 0 Å². The maximum absolute atomic E-state index is 11.7. The average Bonchev–Trinajstić information content (AvgIpc) is 2.50. The molecule has 0 saturated carbocycles. The summed E-state index contributed by atoms with van der Waals surface area (Å²) in [7, 11) is 1.99. The molecule has 8 nitrogen and oxygen atoms in total. The number of fused-ring (bicyclic) bond motifs is 1. The first-order chi connectivity index (χ1) is 10.5. The minimum absolute atomic E-state index is 0.134. The van der Waals surface area contributed by atoms with Gasteiger partial charge in [-0.2, -0.15) is 0 Å². The number of benzene rings is 1. The Morgan fingerprint density at radius 1 is 1.45 bits per heavy atom. The molecule has 0 unspecified atom stereocenters. The van der Waals surface area contributed by atoms with E-state index in [0.29, 0.717) is 12.1 Å². The summed E-state index contributed by atoms with van der Waals surface area (Å²) in [5, 5.41) is 11.3. The van der Waals surface area contributed by atoms with E-state index in [9.17, 15) is 14.9 Å².